The minimum atomic E-state index is 0.216. The number of nitrogens with two attached hydrogens (primary N) is 1. The van der Waals surface area contributed by atoms with Gasteiger partial charge >= 0.3 is 0 Å². The molecule has 0 radical (unpaired) electrons. The summed E-state index contributed by atoms with van der Waals surface area (Å²) in [5.74, 6) is 0.216. The molecule has 2 aliphatic rings. The molecule has 1 amide bonds. The Balaban J connectivity index is 1.53. The van der Waals surface area contributed by atoms with Crippen LogP contribution in [0.4, 0.5) is 5.69 Å². The lowest BCUT2D eigenvalue weighted by atomic mass is 9.65. The first-order chi connectivity index (χ1) is 11.7. The molecule has 2 atom stereocenters. The highest BCUT2D eigenvalue weighted by Crippen LogP contribution is 2.52. The maximum atomic E-state index is 13.0. The van der Waals surface area contributed by atoms with Crippen LogP contribution < -0.4 is 5.73 Å². The number of carbonyl (C=O) groups excluding carboxylic acids is 1. The molecule has 1 saturated heterocycles. The molecule has 0 spiro atoms. The van der Waals surface area contributed by atoms with Crippen LogP contribution in [-0.2, 0) is 11.2 Å². The van der Waals surface area contributed by atoms with Gasteiger partial charge in [-0.1, -0.05) is 26.8 Å². The van der Waals surface area contributed by atoms with Crippen LogP contribution in [-0.4, -0.2) is 28.4 Å². The molecule has 2 unspecified atom stereocenters. The summed E-state index contributed by atoms with van der Waals surface area (Å²) < 4.78 is 0. The van der Waals surface area contributed by atoms with E-state index in [4.69, 9.17) is 5.73 Å². The van der Waals surface area contributed by atoms with Crippen molar-refractivity contribution in [3.63, 3.8) is 0 Å². The summed E-state index contributed by atoms with van der Waals surface area (Å²) in [5.41, 5.74) is 8.89. The number of hydrogen-bond acceptors (Lipinski definition) is 3. The van der Waals surface area contributed by atoms with Crippen LogP contribution in [0.15, 0.2) is 30.3 Å². The van der Waals surface area contributed by atoms with E-state index in [0.717, 1.165) is 41.7 Å². The molecule has 25 heavy (non-hydrogen) atoms. The number of likely N-dealkylation sites (tertiary alicyclic amines) is 1. The lowest BCUT2D eigenvalue weighted by Gasteiger charge is -2.39. The molecule has 4 nitrogen and oxygen atoms in total. The molecule has 1 saturated carbocycles. The second-order valence-electron chi connectivity index (χ2n) is 9.17. The van der Waals surface area contributed by atoms with Gasteiger partial charge in [-0.3, -0.25) is 9.78 Å². The monoisotopic (exact) mass is 337 g/mol. The van der Waals surface area contributed by atoms with Crippen LogP contribution in [0.1, 0.15) is 45.7 Å². The predicted molar refractivity (Wildman–Crippen MR) is 101 cm³/mol. The third-order valence-electron chi connectivity index (χ3n) is 5.84. The molecule has 1 aromatic carbocycles. The average molecular weight is 337 g/mol. The van der Waals surface area contributed by atoms with Gasteiger partial charge in [-0.05, 0) is 54.4 Å². The first-order valence-electron chi connectivity index (χ1n) is 9.18. The fourth-order valence-corrected chi connectivity index (χ4v) is 5.29. The number of rotatable bonds is 2. The minimum Gasteiger partial charge on any atom is -0.399 e. The summed E-state index contributed by atoms with van der Waals surface area (Å²) in [6.07, 6.45) is 3.84. The van der Waals surface area contributed by atoms with Gasteiger partial charge in [0.15, 0.2) is 0 Å². The number of anilines is 1. The Kier molecular flexibility index (Phi) is 3.57. The molecule has 132 valence electrons. The summed E-state index contributed by atoms with van der Waals surface area (Å²) in [6, 6.07) is 10.0. The second-order valence-corrected chi connectivity index (χ2v) is 9.17. The van der Waals surface area contributed by atoms with Crippen LogP contribution in [0.3, 0.4) is 0 Å². The molecule has 2 bridgehead atoms. The molecule has 1 aliphatic heterocycles. The first kappa shape index (κ1) is 16.4. The number of fused-ring (bicyclic) bond motifs is 3. The molecule has 1 aromatic heterocycles. The van der Waals surface area contributed by atoms with Crippen LogP contribution in [0.2, 0.25) is 0 Å². The number of nitrogens with zero attached hydrogens (tertiary/aromatic N) is 2. The summed E-state index contributed by atoms with van der Waals surface area (Å²) in [7, 11) is 0. The molecule has 1 aliphatic carbocycles. The van der Waals surface area contributed by atoms with E-state index < -0.39 is 0 Å². The third-order valence-corrected chi connectivity index (χ3v) is 5.84. The smallest absolute Gasteiger partial charge is 0.228 e. The summed E-state index contributed by atoms with van der Waals surface area (Å²) in [6.45, 7) is 7.90. The Morgan fingerprint density at radius 2 is 2.04 bits per heavy atom. The summed E-state index contributed by atoms with van der Waals surface area (Å²) in [5, 5.41) is 1.02. The van der Waals surface area contributed by atoms with E-state index in [0.29, 0.717) is 17.9 Å². The van der Waals surface area contributed by atoms with E-state index in [-0.39, 0.29) is 11.3 Å². The van der Waals surface area contributed by atoms with Gasteiger partial charge in [-0.15, -0.1) is 0 Å². The van der Waals surface area contributed by atoms with E-state index in [1.165, 1.54) is 6.42 Å². The zero-order valence-electron chi connectivity index (χ0n) is 15.4. The van der Waals surface area contributed by atoms with Crippen molar-refractivity contribution in [3.05, 3.63) is 36.0 Å². The average Bonchev–Trinajstić information content (AvgIpc) is 2.76. The van der Waals surface area contributed by atoms with Crippen molar-refractivity contribution in [2.75, 3.05) is 12.3 Å². The minimum absolute atomic E-state index is 0.216. The van der Waals surface area contributed by atoms with Gasteiger partial charge in [0.05, 0.1) is 17.6 Å². The number of amides is 1. The van der Waals surface area contributed by atoms with Gasteiger partial charge in [-0.25, -0.2) is 0 Å². The van der Waals surface area contributed by atoms with Crippen LogP contribution in [0.5, 0.6) is 0 Å². The standard InChI is InChI=1S/C21H27N3O/c1-20(2)10-17-11-21(3,12-20)13-24(17)19(25)9-16-6-4-14-8-15(22)5-7-18(14)23-16/h4-8,17H,9-13,22H2,1-3H3. The van der Waals surface area contributed by atoms with Crippen LogP contribution in [0.25, 0.3) is 10.9 Å². The quantitative estimate of drug-likeness (QED) is 0.848. The number of hydrogen-bond donors (Lipinski definition) is 1. The van der Waals surface area contributed by atoms with Crippen molar-refractivity contribution in [1.82, 2.24) is 9.88 Å². The molecule has 2 aromatic rings. The van der Waals surface area contributed by atoms with Crippen molar-refractivity contribution >= 4 is 22.5 Å². The fraction of sp³-hybridized carbons (Fsp3) is 0.524. The topological polar surface area (TPSA) is 59.2 Å². The van der Waals surface area contributed by atoms with E-state index in [9.17, 15) is 4.79 Å². The van der Waals surface area contributed by atoms with Gasteiger partial charge < -0.3 is 10.6 Å². The van der Waals surface area contributed by atoms with Gasteiger partial charge in [0.2, 0.25) is 5.91 Å². The van der Waals surface area contributed by atoms with Crippen molar-refractivity contribution in [2.45, 2.75) is 52.5 Å². The largest absolute Gasteiger partial charge is 0.399 e. The highest BCUT2D eigenvalue weighted by atomic mass is 16.2. The zero-order valence-corrected chi connectivity index (χ0v) is 15.4. The highest BCUT2D eigenvalue weighted by molar-refractivity contribution is 5.84. The van der Waals surface area contributed by atoms with Gasteiger partial charge in [0.1, 0.15) is 0 Å². The molecule has 2 fully saturated rings. The molecular weight excluding hydrogens is 310 g/mol. The van der Waals surface area contributed by atoms with Crippen LogP contribution in [0, 0.1) is 10.8 Å². The first-order valence-corrected chi connectivity index (χ1v) is 9.18. The Morgan fingerprint density at radius 3 is 2.84 bits per heavy atom. The molecule has 2 heterocycles. The van der Waals surface area contributed by atoms with E-state index in [1.807, 2.05) is 30.3 Å². The fourth-order valence-electron chi connectivity index (χ4n) is 5.29. The summed E-state index contributed by atoms with van der Waals surface area (Å²) in [4.78, 5) is 19.8. The Bertz CT molecular complexity index is 844. The van der Waals surface area contributed by atoms with Gasteiger partial charge in [0.25, 0.3) is 0 Å². The van der Waals surface area contributed by atoms with E-state index in [1.54, 1.807) is 0 Å². The van der Waals surface area contributed by atoms with Crippen molar-refractivity contribution in [1.29, 1.82) is 0 Å². The van der Waals surface area contributed by atoms with Crippen molar-refractivity contribution < 1.29 is 4.79 Å². The molecular formula is C21H27N3O. The van der Waals surface area contributed by atoms with E-state index in [2.05, 4.69) is 30.7 Å². The second kappa shape index (κ2) is 5.45. The highest BCUT2D eigenvalue weighted by Gasteiger charge is 2.50. The maximum Gasteiger partial charge on any atom is 0.228 e. The Hall–Kier alpha value is -2.10. The number of pyridine rings is 1. The normalized spacial score (nSPS) is 27.6. The maximum absolute atomic E-state index is 13.0. The van der Waals surface area contributed by atoms with Crippen molar-refractivity contribution in [2.24, 2.45) is 10.8 Å². The van der Waals surface area contributed by atoms with Crippen LogP contribution >= 0.6 is 0 Å². The lowest BCUT2D eigenvalue weighted by Crippen LogP contribution is -2.38. The lowest BCUT2D eigenvalue weighted by molar-refractivity contribution is -0.131. The van der Waals surface area contributed by atoms with Gasteiger partial charge in [0, 0.05) is 23.7 Å². The number of carbonyl (C=O) groups is 1. The van der Waals surface area contributed by atoms with E-state index >= 15 is 0 Å². The Labute approximate surface area is 149 Å². The molecule has 4 rings (SSSR count). The SMILES string of the molecule is CC1(C)CC2CC(C)(CN2C(=O)Cc2ccc3cc(N)ccc3n2)C1. The number of nitrogen functional groups attached to an aromatic ring is 1. The van der Waals surface area contributed by atoms with Gasteiger partial charge in [-0.2, -0.15) is 0 Å². The zero-order chi connectivity index (χ0) is 17.8. The van der Waals surface area contributed by atoms with Crippen molar-refractivity contribution in [3.8, 4) is 0 Å². The molecule has 2 N–H and O–H groups in total. The summed E-state index contributed by atoms with van der Waals surface area (Å²) >= 11 is 0. The predicted octanol–water partition coefficient (Wildman–Crippen LogP) is 3.79. The third kappa shape index (κ3) is 3.10. The Morgan fingerprint density at radius 1 is 1.24 bits per heavy atom. The number of aromatic nitrogens is 1. The number of benzene rings is 1. The molecule has 4 heteroatoms.